The first-order valence-electron chi connectivity index (χ1n) is 12.7. The normalized spacial score (nSPS) is 22.0. The fourth-order valence-electron chi connectivity index (χ4n) is 4.18. The quantitative estimate of drug-likeness (QED) is 0.590. The molecule has 3 heterocycles. The molecule has 2 aliphatic heterocycles. The fourth-order valence-corrected chi connectivity index (χ4v) is 4.18. The van der Waals surface area contributed by atoms with E-state index in [0.29, 0.717) is 19.0 Å². The Bertz CT molecular complexity index is 931. The van der Waals surface area contributed by atoms with Crippen molar-refractivity contribution < 1.29 is 23.6 Å². The molecule has 0 spiro atoms. The van der Waals surface area contributed by atoms with Gasteiger partial charge in [-0.05, 0) is 60.8 Å². The van der Waals surface area contributed by atoms with Gasteiger partial charge in [-0.3, -0.25) is 4.79 Å². The first-order chi connectivity index (χ1) is 16.5. The van der Waals surface area contributed by atoms with Gasteiger partial charge >= 0.3 is 13.2 Å². The summed E-state index contributed by atoms with van der Waals surface area (Å²) in [5, 5.41) is 2.76. The zero-order valence-corrected chi connectivity index (χ0v) is 23.4. The highest BCUT2D eigenvalue weighted by molar-refractivity contribution is 6.61. The van der Waals surface area contributed by atoms with Crippen molar-refractivity contribution in [3.63, 3.8) is 0 Å². The SMILES string of the molecule is CC(C)C(NC(=O)OC(C)(C)C)C(=O)N1CC[C@H](N(C)c2ncc(B3OC(C)(C)C(C)(C)O3)cn2)C1. The summed E-state index contributed by atoms with van der Waals surface area (Å²) in [7, 11) is 1.42. The number of amides is 2. The number of likely N-dealkylation sites (tertiary alicyclic amines) is 1. The van der Waals surface area contributed by atoms with Gasteiger partial charge in [0, 0.05) is 38.0 Å². The van der Waals surface area contributed by atoms with Gasteiger partial charge in [0.15, 0.2) is 0 Å². The molecule has 1 N–H and O–H groups in total. The average molecular weight is 503 g/mol. The molecule has 3 rings (SSSR count). The second-order valence-electron chi connectivity index (χ2n) is 12.1. The lowest BCUT2D eigenvalue weighted by atomic mass is 9.81. The molecule has 0 aliphatic carbocycles. The van der Waals surface area contributed by atoms with Gasteiger partial charge in [-0.2, -0.15) is 0 Å². The highest BCUT2D eigenvalue weighted by Gasteiger charge is 2.52. The second-order valence-corrected chi connectivity index (χ2v) is 12.1. The number of anilines is 1. The standard InChI is InChI=1S/C25H42BN5O5/c1-16(2)19(29-22(33)34-23(3,4)5)20(32)31-12-11-18(15-31)30(10)21-27-13-17(14-28-21)26-35-24(6,7)25(8,9)36-26/h13-14,16,18-19H,11-12,15H2,1-10H3,(H,29,33)/t18-,19?/m0/s1. The maximum Gasteiger partial charge on any atom is 0.498 e. The highest BCUT2D eigenvalue weighted by Crippen LogP contribution is 2.36. The number of hydrogen-bond acceptors (Lipinski definition) is 8. The van der Waals surface area contributed by atoms with Crippen LogP contribution in [0.5, 0.6) is 0 Å². The van der Waals surface area contributed by atoms with E-state index in [4.69, 9.17) is 14.0 Å². The van der Waals surface area contributed by atoms with Crippen LogP contribution in [0.15, 0.2) is 12.4 Å². The molecule has 0 radical (unpaired) electrons. The molecule has 0 aromatic carbocycles. The van der Waals surface area contributed by atoms with E-state index in [0.717, 1.165) is 11.9 Å². The molecule has 1 aromatic rings. The number of rotatable bonds is 6. The first-order valence-corrected chi connectivity index (χ1v) is 12.7. The number of ether oxygens (including phenoxy) is 1. The summed E-state index contributed by atoms with van der Waals surface area (Å²) >= 11 is 0. The molecule has 2 aliphatic rings. The predicted octanol–water partition coefficient (Wildman–Crippen LogP) is 2.36. The van der Waals surface area contributed by atoms with Gasteiger partial charge in [-0.25, -0.2) is 14.8 Å². The minimum absolute atomic E-state index is 0.0611. The summed E-state index contributed by atoms with van der Waals surface area (Å²) in [5.74, 6) is 0.387. The number of aromatic nitrogens is 2. The van der Waals surface area contributed by atoms with Crippen molar-refractivity contribution >= 4 is 30.5 Å². The molecule has 11 heteroatoms. The monoisotopic (exact) mass is 503 g/mol. The molecule has 2 amide bonds. The zero-order valence-electron chi connectivity index (χ0n) is 23.4. The van der Waals surface area contributed by atoms with Gasteiger partial charge in [-0.15, -0.1) is 0 Å². The smallest absolute Gasteiger partial charge is 0.444 e. The molecule has 2 fully saturated rings. The molecule has 10 nitrogen and oxygen atoms in total. The summed E-state index contributed by atoms with van der Waals surface area (Å²) in [4.78, 5) is 38.4. The molecule has 200 valence electrons. The van der Waals surface area contributed by atoms with Crippen molar-refractivity contribution in [3.05, 3.63) is 12.4 Å². The maximum atomic E-state index is 13.3. The Hall–Kier alpha value is -2.40. The molecule has 0 bridgehead atoms. The van der Waals surface area contributed by atoms with Crippen LogP contribution in [0.2, 0.25) is 0 Å². The van der Waals surface area contributed by atoms with Gasteiger partial charge < -0.3 is 29.2 Å². The second kappa shape index (κ2) is 10.2. The van der Waals surface area contributed by atoms with Crippen molar-refractivity contribution in [2.24, 2.45) is 5.92 Å². The van der Waals surface area contributed by atoms with Crippen LogP contribution in [0, 0.1) is 5.92 Å². The molecule has 1 unspecified atom stereocenters. The Labute approximate surface area is 215 Å². The van der Waals surface area contributed by atoms with Crippen molar-refractivity contribution in [3.8, 4) is 0 Å². The van der Waals surface area contributed by atoms with Crippen LogP contribution < -0.4 is 15.7 Å². The molecule has 36 heavy (non-hydrogen) atoms. The van der Waals surface area contributed by atoms with Crippen molar-refractivity contribution in [2.75, 3.05) is 25.0 Å². The van der Waals surface area contributed by atoms with E-state index in [1.54, 1.807) is 38.1 Å². The Kier molecular flexibility index (Phi) is 7.96. The Balaban J connectivity index is 1.61. The Morgan fingerprint density at radius 2 is 1.72 bits per heavy atom. The third-order valence-corrected chi connectivity index (χ3v) is 7.13. The third kappa shape index (κ3) is 6.29. The number of nitrogens with zero attached hydrogens (tertiary/aromatic N) is 4. The van der Waals surface area contributed by atoms with Crippen molar-refractivity contribution in [1.29, 1.82) is 0 Å². The minimum atomic E-state index is -0.653. The van der Waals surface area contributed by atoms with Crippen LogP contribution in [0.1, 0.15) is 68.7 Å². The van der Waals surface area contributed by atoms with Crippen molar-refractivity contribution in [1.82, 2.24) is 20.2 Å². The Morgan fingerprint density at radius 3 is 2.22 bits per heavy atom. The maximum absolute atomic E-state index is 13.3. The summed E-state index contributed by atoms with van der Waals surface area (Å²) in [6.07, 6.45) is 3.66. The summed E-state index contributed by atoms with van der Waals surface area (Å²) < 4.78 is 17.5. The van der Waals surface area contributed by atoms with Crippen LogP contribution in [-0.2, 0) is 18.8 Å². The number of likely N-dealkylation sites (N-methyl/N-ethyl adjacent to an activating group) is 1. The summed E-state index contributed by atoms with van der Waals surface area (Å²) in [5.41, 5.74) is -0.728. The van der Waals surface area contributed by atoms with E-state index in [-0.39, 0.29) is 17.9 Å². The molecule has 2 atom stereocenters. The van der Waals surface area contributed by atoms with Crippen molar-refractivity contribution in [2.45, 2.75) is 97.6 Å². The molecule has 1 aromatic heterocycles. The fraction of sp³-hybridized carbons (Fsp3) is 0.760. The minimum Gasteiger partial charge on any atom is -0.444 e. The number of nitrogens with one attached hydrogen (secondary N) is 1. The zero-order chi connectivity index (χ0) is 27.1. The average Bonchev–Trinajstić information content (AvgIpc) is 3.32. The Morgan fingerprint density at radius 1 is 1.17 bits per heavy atom. The number of carbonyl (C=O) groups is 2. The lowest BCUT2D eigenvalue weighted by molar-refractivity contribution is -0.133. The van der Waals surface area contributed by atoms with Gasteiger partial charge in [0.2, 0.25) is 11.9 Å². The lowest BCUT2D eigenvalue weighted by Crippen LogP contribution is -2.52. The van der Waals surface area contributed by atoms with Crippen LogP contribution in [0.3, 0.4) is 0 Å². The van der Waals surface area contributed by atoms with Crippen LogP contribution >= 0.6 is 0 Å². The van der Waals surface area contributed by atoms with Crippen LogP contribution in [0.25, 0.3) is 0 Å². The third-order valence-electron chi connectivity index (χ3n) is 7.13. The van der Waals surface area contributed by atoms with Gasteiger partial charge in [0.05, 0.1) is 17.2 Å². The van der Waals surface area contributed by atoms with E-state index in [9.17, 15) is 9.59 Å². The molecule has 2 saturated heterocycles. The predicted molar refractivity (Wildman–Crippen MR) is 139 cm³/mol. The summed E-state index contributed by atoms with van der Waals surface area (Å²) in [6.45, 7) is 18.4. The van der Waals surface area contributed by atoms with Crippen LogP contribution in [0.4, 0.5) is 10.7 Å². The van der Waals surface area contributed by atoms with Gasteiger partial charge in [-0.1, -0.05) is 13.8 Å². The molecular formula is C25H42BN5O5. The number of alkyl carbamates (subject to hydrolysis) is 1. The topological polar surface area (TPSA) is 106 Å². The van der Waals surface area contributed by atoms with E-state index in [1.807, 2.05) is 53.5 Å². The van der Waals surface area contributed by atoms with E-state index >= 15 is 0 Å². The number of hydrogen-bond donors (Lipinski definition) is 1. The largest absolute Gasteiger partial charge is 0.498 e. The van der Waals surface area contributed by atoms with E-state index in [2.05, 4.69) is 15.3 Å². The molecule has 0 saturated carbocycles. The van der Waals surface area contributed by atoms with Gasteiger partial charge in [0.1, 0.15) is 11.6 Å². The molecular weight excluding hydrogens is 461 g/mol. The van der Waals surface area contributed by atoms with E-state index < -0.39 is 36.1 Å². The number of carbonyl (C=O) groups excluding carboxylic acids is 2. The van der Waals surface area contributed by atoms with E-state index in [1.165, 1.54) is 0 Å². The lowest BCUT2D eigenvalue weighted by Gasteiger charge is -2.32. The highest BCUT2D eigenvalue weighted by atomic mass is 16.7. The van der Waals surface area contributed by atoms with Gasteiger partial charge in [0.25, 0.3) is 0 Å². The first kappa shape index (κ1) is 28.2. The summed E-state index contributed by atoms with van der Waals surface area (Å²) in [6, 6.07) is -0.592. The van der Waals surface area contributed by atoms with Crippen LogP contribution in [-0.4, -0.2) is 83.0 Å².